The molecule has 0 N–H and O–H groups in total. The molecule has 0 aliphatic rings. The molecule has 2 rings (SSSR count). The van der Waals surface area contributed by atoms with Crippen LogP contribution in [0.5, 0.6) is 0 Å². The van der Waals surface area contributed by atoms with Crippen molar-refractivity contribution in [3.8, 4) is 10.4 Å². The van der Waals surface area contributed by atoms with Crippen LogP contribution in [0.25, 0.3) is 10.4 Å². The molecule has 0 fully saturated rings. The van der Waals surface area contributed by atoms with Crippen LogP contribution in [0.1, 0.15) is 21.5 Å². The Bertz CT molecular complexity index is 543. The second kappa shape index (κ2) is 4.40. The summed E-state index contributed by atoms with van der Waals surface area (Å²) in [6, 6.07) is 7.87. The highest BCUT2D eigenvalue weighted by Crippen LogP contribution is 2.34. The van der Waals surface area contributed by atoms with Crippen molar-refractivity contribution < 1.29 is 4.79 Å². The highest BCUT2D eigenvalue weighted by molar-refractivity contribution is 7.19. The maximum absolute atomic E-state index is 10.8. The predicted octanol–water partition coefficient (Wildman–Crippen LogP) is 4.50. The largest absolute Gasteiger partial charge is 0.298 e. The fourth-order valence-electron chi connectivity index (χ4n) is 1.69. The molecule has 0 atom stereocenters. The lowest BCUT2D eigenvalue weighted by molar-refractivity contribution is 0.112. The third-order valence-corrected chi connectivity index (χ3v) is 3.84. The van der Waals surface area contributed by atoms with E-state index in [4.69, 9.17) is 11.6 Å². The van der Waals surface area contributed by atoms with Gasteiger partial charge in [-0.3, -0.25) is 4.79 Å². The van der Waals surface area contributed by atoms with Crippen molar-refractivity contribution in [1.82, 2.24) is 0 Å². The van der Waals surface area contributed by atoms with E-state index in [0.29, 0.717) is 0 Å². The van der Waals surface area contributed by atoms with Crippen LogP contribution in [0.3, 0.4) is 0 Å². The van der Waals surface area contributed by atoms with Crippen LogP contribution in [0, 0.1) is 13.8 Å². The van der Waals surface area contributed by atoms with Gasteiger partial charge in [0.25, 0.3) is 0 Å². The van der Waals surface area contributed by atoms with Crippen molar-refractivity contribution in [2.45, 2.75) is 13.8 Å². The number of carbonyl (C=O) groups excluding carboxylic acids is 1. The van der Waals surface area contributed by atoms with Crippen molar-refractivity contribution in [2.75, 3.05) is 0 Å². The van der Waals surface area contributed by atoms with Gasteiger partial charge in [-0.15, -0.1) is 11.3 Å². The summed E-state index contributed by atoms with van der Waals surface area (Å²) in [7, 11) is 0. The van der Waals surface area contributed by atoms with Crippen molar-refractivity contribution >= 4 is 29.2 Å². The molecule has 1 aromatic heterocycles. The number of aldehydes is 1. The Balaban J connectivity index is 2.58. The number of aryl methyl sites for hydroxylation is 2. The average Bonchev–Trinajstić information content (AvgIpc) is 2.67. The van der Waals surface area contributed by atoms with Gasteiger partial charge in [0, 0.05) is 10.4 Å². The van der Waals surface area contributed by atoms with E-state index >= 15 is 0 Å². The predicted molar refractivity (Wildman–Crippen MR) is 69.6 cm³/mol. The third-order valence-electron chi connectivity index (χ3n) is 2.58. The maximum Gasteiger partial charge on any atom is 0.150 e. The van der Waals surface area contributed by atoms with Crippen LogP contribution in [0.15, 0.2) is 24.3 Å². The molecule has 0 radical (unpaired) electrons. The molecule has 0 aliphatic heterocycles. The Kier molecular flexibility index (Phi) is 3.13. The number of rotatable bonds is 2. The molecule has 2 aromatic rings. The second-order valence-corrected chi connectivity index (χ2v) is 5.46. The van der Waals surface area contributed by atoms with E-state index in [2.05, 4.69) is 0 Å². The minimum absolute atomic E-state index is 0.754. The Morgan fingerprint density at radius 1 is 1.19 bits per heavy atom. The first kappa shape index (κ1) is 11.4. The minimum atomic E-state index is 0.754. The van der Waals surface area contributed by atoms with Crippen LogP contribution in [0.2, 0.25) is 4.34 Å². The number of carbonyl (C=O) groups is 1. The first-order valence-electron chi connectivity index (χ1n) is 4.94. The van der Waals surface area contributed by atoms with Crippen molar-refractivity contribution in [3.05, 3.63) is 45.3 Å². The van der Waals surface area contributed by atoms with Gasteiger partial charge in [0.15, 0.2) is 0 Å². The van der Waals surface area contributed by atoms with Crippen LogP contribution in [-0.4, -0.2) is 6.29 Å². The standard InChI is InChI=1S/C13H11ClOS/c1-8-6-11(9(2)5-10(8)7-15)12-3-4-13(14)16-12/h3-7H,1-2H3. The van der Waals surface area contributed by atoms with E-state index in [-0.39, 0.29) is 0 Å². The van der Waals surface area contributed by atoms with E-state index in [1.807, 2.05) is 38.1 Å². The molecule has 0 aliphatic carbocycles. The molecular formula is C13H11ClOS. The smallest absolute Gasteiger partial charge is 0.150 e. The summed E-state index contributed by atoms with van der Waals surface area (Å²) < 4.78 is 0.784. The van der Waals surface area contributed by atoms with E-state index in [9.17, 15) is 4.79 Å². The van der Waals surface area contributed by atoms with Crippen LogP contribution in [0.4, 0.5) is 0 Å². The Morgan fingerprint density at radius 2 is 1.94 bits per heavy atom. The van der Waals surface area contributed by atoms with Gasteiger partial charge in [0.2, 0.25) is 0 Å². The fourth-order valence-corrected chi connectivity index (χ4v) is 2.81. The fraction of sp³-hybridized carbons (Fsp3) is 0.154. The van der Waals surface area contributed by atoms with E-state index in [1.54, 1.807) is 11.3 Å². The van der Waals surface area contributed by atoms with Gasteiger partial charge in [-0.05, 0) is 54.8 Å². The molecule has 0 saturated heterocycles. The Morgan fingerprint density at radius 3 is 2.50 bits per heavy atom. The molecule has 0 bridgehead atoms. The topological polar surface area (TPSA) is 17.1 Å². The van der Waals surface area contributed by atoms with Crippen molar-refractivity contribution in [3.63, 3.8) is 0 Å². The van der Waals surface area contributed by atoms with Crippen LogP contribution >= 0.6 is 22.9 Å². The summed E-state index contributed by atoms with van der Waals surface area (Å²) in [5.41, 5.74) is 4.01. The highest BCUT2D eigenvalue weighted by atomic mass is 35.5. The first-order chi connectivity index (χ1) is 7.61. The molecule has 1 heterocycles. The van der Waals surface area contributed by atoms with E-state index < -0.39 is 0 Å². The zero-order valence-corrected chi connectivity index (χ0v) is 10.7. The number of hydrogen-bond donors (Lipinski definition) is 0. The van der Waals surface area contributed by atoms with Gasteiger partial charge in [-0.1, -0.05) is 11.6 Å². The third kappa shape index (κ3) is 2.04. The highest BCUT2D eigenvalue weighted by Gasteiger charge is 2.08. The van der Waals surface area contributed by atoms with Gasteiger partial charge in [0.1, 0.15) is 6.29 Å². The number of benzene rings is 1. The molecule has 0 spiro atoms. The van der Waals surface area contributed by atoms with E-state index in [1.165, 1.54) is 0 Å². The monoisotopic (exact) mass is 250 g/mol. The van der Waals surface area contributed by atoms with Gasteiger partial charge in [0.05, 0.1) is 4.34 Å². The number of halogens is 1. The van der Waals surface area contributed by atoms with E-state index in [0.717, 1.165) is 37.8 Å². The normalized spacial score (nSPS) is 10.4. The number of hydrogen-bond acceptors (Lipinski definition) is 2. The zero-order valence-electron chi connectivity index (χ0n) is 9.08. The molecule has 1 nitrogen and oxygen atoms in total. The van der Waals surface area contributed by atoms with Gasteiger partial charge >= 0.3 is 0 Å². The Hall–Kier alpha value is -1.12. The summed E-state index contributed by atoms with van der Waals surface area (Å²) >= 11 is 7.48. The molecule has 1 aromatic carbocycles. The summed E-state index contributed by atoms with van der Waals surface area (Å²) in [5, 5.41) is 0. The second-order valence-electron chi connectivity index (χ2n) is 3.75. The summed E-state index contributed by atoms with van der Waals surface area (Å²) in [6.07, 6.45) is 0.896. The summed E-state index contributed by atoms with van der Waals surface area (Å²) in [6.45, 7) is 3.96. The van der Waals surface area contributed by atoms with Gasteiger partial charge in [-0.25, -0.2) is 0 Å². The average molecular weight is 251 g/mol. The molecule has 0 amide bonds. The van der Waals surface area contributed by atoms with Gasteiger partial charge in [-0.2, -0.15) is 0 Å². The maximum atomic E-state index is 10.8. The van der Waals surface area contributed by atoms with Gasteiger partial charge < -0.3 is 0 Å². The lowest BCUT2D eigenvalue weighted by atomic mass is 10.00. The Labute approximate surface area is 104 Å². The summed E-state index contributed by atoms with van der Waals surface area (Å²) in [4.78, 5) is 12.0. The lowest BCUT2D eigenvalue weighted by Gasteiger charge is -2.07. The quantitative estimate of drug-likeness (QED) is 0.718. The molecular weight excluding hydrogens is 240 g/mol. The minimum Gasteiger partial charge on any atom is -0.298 e. The molecule has 16 heavy (non-hydrogen) atoms. The first-order valence-corrected chi connectivity index (χ1v) is 6.13. The van der Waals surface area contributed by atoms with Crippen LogP contribution < -0.4 is 0 Å². The summed E-state index contributed by atoms with van der Waals surface area (Å²) in [5.74, 6) is 0. The molecule has 0 unspecified atom stereocenters. The van der Waals surface area contributed by atoms with Crippen molar-refractivity contribution in [1.29, 1.82) is 0 Å². The molecule has 0 saturated carbocycles. The zero-order chi connectivity index (χ0) is 11.7. The van der Waals surface area contributed by atoms with Crippen molar-refractivity contribution in [2.24, 2.45) is 0 Å². The lowest BCUT2D eigenvalue weighted by Crippen LogP contribution is -1.90. The molecule has 82 valence electrons. The number of thiophene rings is 1. The molecule has 3 heteroatoms. The van der Waals surface area contributed by atoms with Crippen LogP contribution in [-0.2, 0) is 0 Å². The SMILES string of the molecule is Cc1cc(-c2ccc(Cl)s2)c(C)cc1C=O.